The molecule has 134 valence electrons. The van der Waals surface area contributed by atoms with Gasteiger partial charge in [-0.25, -0.2) is 0 Å². The van der Waals surface area contributed by atoms with E-state index in [2.05, 4.69) is 58.7 Å². The molecule has 4 rings (SSSR count). The van der Waals surface area contributed by atoms with Gasteiger partial charge >= 0.3 is 0 Å². The number of thioether (sulfide) groups is 1. The fourth-order valence-corrected chi connectivity index (χ4v) is 4.21. The summed E-state index contributed by atoms with van der Waals surface area (Å²) in [5.74, 6) is 0.828. The highest BCUT2D eigenvalue weighted by Crippen LogP contribution is 2.40. The van der Waals surface area contributed by atoms with E-state index in [1.165, 1.54) is 11.1 Å². The smallest absolute Gasteiger partial charge is 0.192 e. The summed E-state index contributed by atoms with van der Waals surface area (Å²) in [4.78, 5) is 0. The predicted molar refractivity (Wildman–Crippen MR) is 112 cm³/mol. The van der Waals surface area contributed by atoms with E-state index in [1.807, 2.05) is 48.0 Å². The molecule has 0 bridgehead atoms. The Morgan fingerprint density at radius 2 is 1.33 bits per heavy atom. The van der Waals surface area contributed by atoms with Crippen LogP contribution in [0.4, 0.5) is 0 Å². The zero-order valence-electron chi connectivity index (χ0n) is 14.8. The molecule has 27 heavy (non-hydrogen) atoms. The van der Waals surface area contributed by atoms with Crippen molar-refractivity contribution in [2.75, 3.05) is 0 Å². The molecule has 0 saturated carbocycles. The van der Waals surface area contributed by atoms with Crippen molar-refractivity contribution in [3.8, 4) is 11.4 Å². The number of benzene rings is 3. The summed E-state index contributed by atoms with van der Waals surface area (Å²) in [6, 6.07) is 28.6. The molecule has 0 aliphatic heterocycles. The van der Waals surface area contributed by atoms with Gasteiger partial charge in [-0.05, 0) is 35.4 Å². The van der Waals surface area contributed by atoms with Crippen LogP contribution < -0.4 is 0 Å². The van der Waals surface area contributed by atoms with E-state index in [0.29, 0.717) is 5.02 Å². The van der Waals surface area contributed by atoms with Crippen molar-refractivity contribution in [1.29, 1.82) is 0 Å². The van der Waals surface area contributed by atoms with Crippen molar-refractivity contribution in [3.05, 3.63) is 101 Å². The summed E-state index contributed by atoms with van der Waals surface area (Å²) in [7, 11) is 2.00. The zero-order chi connectivity index (χ0) is 18.6. The Hall–Kier alpha value is -2.56. The maximum atomic E-state index is 6.00. The van der Waals surface area contributed by atoms with Crippen LogP contribution in [0.15, 0.2) is 90.1 Å². The largest absolute Gasteiger partial charge is 0.305 e. The second kappa shape index (κ2) is 7.99. The molecule has 0 aliphatic rings. The number of aromatic nitrogens is 3. The van der Waals surface area contributed by atoms with Gasteiger partial charge < -0.3 is 4.57 Å². The molecule has 0 unspecified atom stereocenters. The summed E-state index contributed by atoms with van der Waals surface area (Å²) in [6.07, 6.45) is 0. The third-order valence-corrected chi connectivity index (χ3v) is 5.96. The second-order valence-corrected chi connectivity index (χ2v) is 7.70. The molecule has 0 spiro atoms. The SMILES string of the molecule is Cn1c(SC(c2ccccc2)c2ccccc2)nnc1-c1ccc(Cl)cc1. The lowest BCUT2D eigenvalue weighted by Gasteiger charge is -2.17. The van der Waals surface area contributed by atoms with Gasteiger partial charge in [-0.15, -0.1) is 10.2 Å². The maximum absolute atomic E-state index is 6.00. The lowest BCUT2D eigenvalue weighted by Crippen LogP contribution is -2.00. The summed E-state index contributed by atoms with van der Waals surface area (Å²) < 4.78 is 2.03. The van der Waals surface area contributed by atoms with Gasteiger partial charge in [-0.2, -0.15) is 0 Å². The van der Waals surface area contributed by atoms with E-state index in [4.69, 9.17) is 11.6 Å². The molecular weight excluding hydrogens is 374 g/mol. The van der Waals surface area contributed by atoms with Crippen LogP contribution >= 0.6 is 23.4 Å². The first-order valence-corrected chi connectivity index (χ1v) is 9.90. The second-order valence-electron chi connectivity index (χ2n) is 6.19. The summed E-state index contributed by atoms with van der Waals surface area (Å²) in [5.41, 5.74) is 3.48. The topological polar surface area (TPSA) is 30.7 Å². The van der Waals surface area contributed by atoms with E-state index in [1.54, 1.807) is 11.8 Å². The molecule has 1 aromatic heterocycles. The number of halogens is 1. The molecule has 5 heteroatoms. The summed E-state index contributed by atoms with van der Waals surface area (Å²) >= 11 is 7.71. The summed E-state index contributed by atoms with van der Waals surface area (Å²) in [6.45, 7) is 0. The molecule has 3 aromatic carbocycles. The monoisotopic (exact) mass is 391 g/mol. The summed E-state index contributed by atoms with van der Waals surface area (Å²) in [5, 5.41) is 10.6. The highest BCUT2D eigenvalue weighted by molar-refractivity contribution is 7.99. The Kier molecular flexibility index (Phi) is 5.28. The number of nitrogens with zero attached hydrogens (tertiary/aromatic N) is 3. The first-order valence-electron chi connectivity index (χ1n) is 8.64. The van der Waals surface area contributed by atoms with Crippen LogP contribution in [0.1, 0.15) is 16.4 Å². The van der Waals surface area contributed by atoms with Crippen molar-refractivity contribution in [2.45, 2.75) is 10.4 Å². The van der Waals surface area contributed by atoms with Crippen molar-refractivity contribution >= 4 is 23.4 Å². The average Bonchev–Trinajstić information content (AvgIpc) is 3.08. The standard InChI is InChI=1S/C22H18ClN3S/c1-26-21(18-12-14-19(23)15-13-18)24-25-22(26)27-20(16-8-4-2-5-9-16)17-10-6-3-7-11-17/h2-15,20H,1H3. The third kappa shape index (κ3) is 3.92. The zero-order valence-corrected chi connectivity index (χ0v) is 16.4. The van der Waals surface area contributed by atoms with Crippen molar-refractivity contribution in [1.82, 2.24) is 14.8 Å². The van der Waals surface area contributed by atoms with Gasteiger partial charge in [0.25, 0.3) is 0 Å². The minimum atomic E-state index is 0.147. The van der Waals surface area contributed by atoms with Crippen LogP contribution in [-0.2, 0) is 7.05 Å². The Morgan fingerprint density at radius 3 is 1.89 bits per heavy atom. The van der Waals surface area contributed by atoms with E-state index in [-0.39, 0.29) is 5.25 Å². The van der Waals surface area contributed by atoms with Crippen molar-refractivity contribution in [3.63, 3.8) is 0 Å². The van der Waals surface area contributed by atoms with Gasteiger partial charge in [-0.1, -0.05) is 84.0 Å². The molecule has 4 aromatic rings. The maximum Gasteiger partial charge on any atom is 0.192 e. The molecule has 0 fully saturated rings. The van der Waals surface area contributed by atoms with Crippen molar-refractivity contribution in [2.24, 2.45) is 7.05 Å². The van der Waals surface area contributed by atoms with Crippen molar-refractivity contribution < 1.29 is 0 Å². The lowest BCUT2D eigenvalue weighted by atomic mass is 10.0. The fourth-order valence-electron chi connectivity index (χ4n) is 2.96. The number of hydrogen-bond donors (Lipinski definition) is 0. The highest BCUT2D eigenvalue weighted by Gasteiger charge is 2.20. The van der Waals surface area contributed by atoms with Crippen LogP contribution in [0.3, 0.4) is 0 Å². The van der Waals surface area contributed by atoms with Gasteiger partial charge in [-0.3, -0.25) is 0 Å². The van der Waals surface area contributed by atoms with Crippen LogP contribution in [0.25, 0.3) is 11.4 Å². The Labute approximate surface area is 168 Å². The molecule has 3 nitrogen and oxygen atoms in total. The molecule has 0 radical (unpaired) electrons. The minimum Gasteiger partial charge on any atom is -0.305 e. The predicted octanol–water partition coefficient (Wildman–Crippen LogP) is 6.02. The number of rotatable bonds is 5. The molecular formula is C22H18ClN3S. The normalized spacial score (nSPS) is 11.1. The lowest BCUT2D eigenvalue weighted by molar-refractivity contribution is 0.791. The molecule has 1 heterocycles. The highest BCUT2D eigenvalue weighted by atomic mass is 35.5. The van der Waals surface area contributed by atoms with E-state index in [9.17, 15) is 0 Å². The fraction of sp³-hybridized carbons (Fsp3) is 0.0909. The third-order valence-electron chi connectivity index (χ3n) is 4.37. The molecule has 0 atom stereocenters. The molecule has 0 aliphatic carbocycles. The quantitative estimate of drug-likeness (QED) is 0.390. The van der Waals surface area contributed by atoms with Crippen LogP contribution in [0.2, 0.25) is 5.02 Å². The van der Waals surface area contributed by atoms with Gasteiger partial charge in [0, 0.05) is 17.6 Å². The molecule has 0 N–H and O–H groups in total. The van der Waals surface area contributed by atoms with Gasteiger partial charge in [0.2, 0.25) is 0 Å². The first-order chi connectivity index (χ1) is 13.2. The van der Waals surface area contributed by atoms with Gasteiger partial charge in [0.15, 0.2) is 11.0 Å². The molecule has 0 saturated heterocycles. The van der Waals surface area contributed by atoms with E-state index < -0.39 is 0 Å². The Morgan fingerprint density at radius 1 is 0.778 bits per heavy atom. The Balaban J connectivity index is 1.69. The van der Waals surface area contributed by atoms with Gasteiger partial charge in [0.05, 0.1) is 5.25 Å². The average molecular weight is 392 g/mol. The minimum absolute atomic E-state index is 0.147. The first kappa shape index (κ1) is 17.8. The van der Waals surface area contributed by atoms with Crippen LogP contribution in [0, 0.1) is 0 Å². The Bertz CT molecular complexity index is 975. The van der Waals surface area contributed by atoms with Gasteiger partial charge in [0.1, 0.15) is 0 Å². The van der Waals surface area contributed by atoms with E-state index >= 15 is 0 Å². The van der Waals surface area contributed by atoms with E-state index in [0.717, 1.165) is 16.5 Å². The van der Waals surface area contributed by atoms with Crippen LogP contribution in [-0.4, -0.2) is 14.8 Å². The number of hydrogen-bond acceptors (Lipinski definition) is 3. The van der Waals surface area contributed by atoms with Crippen LogP contribution in [0.5, 0.6) is 0 Å². The molecule has 0 amide bonds.